The van der Waals surface area contributed by atoms with Crippen molar-refractivity contribution in [2.75, 3.05) is 13.2 Å². The summed E-state index contributed by atoms with van der Waals surface area (Å²) in [4.78, 5) is 0. The van der Waals surface area contributed by atoms with Gasteiger partial charge in [-0.1, -0.05) is 111 Å². The second-order valence-electron chi connectivity index (χ2n) is 8.23. The van der Waals surface area contributed by atoms with Gasteiger partial charge >= 0.3 is 0 Å². The monoisotopic (exact) mass is 358 g/mol. The van der Waals surface area contributed by atoms with E-state index in [0.717, 1.165) is 12.3 Å². The molecule has 25 heavy (non-hydrogen) atoms. The topological polar surface area (TPSA) is 40.5 Å². The lowest BCUT2D eigenvalue weighted by Crippen LogP contribution is -1.99. The van der Waals surface area contributed by atoms with E-state index in [1.165, 1.54) is 89.9 Å². The Morgan fingerprint density at radius 2 is 1.00 bits per heavy atom. The van der Waals surface area contributed by atoms with Gasteiger partial charge in [0.1, 0.15) is 0 Å². The first-order valence-electron chi connectivity index (χ1n) is 11.3. The Bertz CT molecular complexity index is 208. The second kappa shape index (κ2) is 23.9. The van der Waals surface area contributed by atoms with Gasteiger partial charge in [0.2, 0.25) is 0 Å². The molecule has 0 fully saturated rings. The molecule has 0 aliphatic carbocycles. The maximum Gasteiger partial charge on any atom is 0.0456 e. The van der Waals surface area contributed by atoms with Crippen molar-refractivity contribution >= 4 is 0 Å². The van der Waals surface area contributed by atoms with Crippen LogP contribution < -0.4 is 0 Å². The van der Waals surface area contributed by atoms with Crippen LogP contribution in [0.5, 0.6) is 0 Å². The summed E-state index contributed by atoms with van der Waals surface area (Å²) >= 11 is 0. The average Bonchev–Trinajstić information content (AvgIpc) is 2.60. The zero-order chi connectivity index (χ0) is 19.2. The summed E-state index contributed by atoms with van der Waals surface area (Å²) in [6, 6.07) is 0. The minimum absolute atomic E-state index is 0.355. The Kier molecular flexibility index (Phi) is 26.0. The van der Waals surface area contributed by atoms with Gasteiger partial charge in [-0.25, -0.2) is 0 Å². The Morgan fingerprint density at radius 3 is 1.44 bits per heavy atom. The molecule has 0 aromatic rings. The van der Waals surface area contributed by atoms with E-state index in [2.05, 4.69) is 27.7 Å². The third-order valence-electron chi connectivity index (χ3n) is 4.80. The van der Waals surface area contributed by atoms with Crippen LogP contribution in [0.25, 0.3) is 0 Å². The summed E-state index contributed by atoms with van der Waals surface area (Å²) in [6.07, 6.45) is 19.8. The maximum atomic E-state index is 8.84. The largest absolute Gasteiger partial charge is 0.396 e. The van der Waals surface area contributed by atoms with Crippen molar-refractivity contribution in [3.05, 3.63) is 0 Å². The van der Waals surface area contributed by atoms with Crippen LogP contribution in [0, 0.1) is 11.8 Å². The van der Waals surface area contributed by atoms with Crippen LogP contribution in [0.2, 0.25) is 0 Å². The van der Waals surface area contributed by atoms with Crippen molar-refractivity contribution in [1.29, 1.82) is 0 Å². The lowest BCUT2D eigenvalue weighted by Gasteiger charge is -2.07. The molecule has 0 heterocycles. The fourth-order valence-electron chi connectivity index (χ4n) is 2.91. The number of hydrogen-bond acceptors (Lipinski definition) is 2. The van der Waals surface area contributed by atoms with Crippen LogP contribution in [-0.4, -0.2) is 23.4 Å². The SMILES string of the molecule is CC(C)CCCCCCCC(C)CO.CCCCCCCCCCO. The molecule has 1 atom stereocenters. The molecule has 0 spiro atoms. The molecular formula is C23H50O2. The van der Waals surface area contributed by atoms with E-state index >= 15 is 0 Å². The highest BCUT2D eigenvalue weighted by molar-refractivity contribution is 4.52. The van der Waals surface area contributed by atoms with Gasteiger partial charge in [-0.15, -0.1) is 0 Å². The molecule has 0 aromatic carbocycles. The number of unbranched alkanes of at least 4 members (excludes halogenated alkanes) is 11. The molecule has 2 nitrogen and oxygen atoms in total. The van der Waals surface area contributed by atoms with Gasteiger partial charge in [-0.2, -0.15) is 0 Å². The first-order chi connectivity index (χ1) is 12.1. The summed E-state index contributed by atoms with van der Waals surface area (Å²) in [7, 11) is 0. The number of rotatable bonds is 17. The van der Waals surface area contributed by atoms with E-state index < -0.39 is 0 Å². The Hall–Kier alpha value is -0.0800. The lowest BCUT2D eigenvalue weighted by atomic mass is 10.0. The highest BCUT2D eigenvalue weighted by Crippen LogP contribution is 2.13. The molecule has 0 rings (SSSR count). The van der Waals surface area contributed by atoms with Crippen LogP contribution in [0.4, 0.5) is 0 Å². The van der Waals surface area contributed by atoms with E-state index in [4.69, 9.17) is 10.2 Å². The van der Waals surface area contributed by atoms with E-state index in [9.17, 15) is 0 Å². The van der Waals surface area contributed by atoms with Crippen molar-refractivity contribution in [3.8, 4) is 0 Å². The third kappa shape index (κ3) is 29.0. The van der Waals surface area contributed by atoms with Crippen LogP contribution >= 0.6 is 0 Å². The van der Waals surface area contributed by atoms with Crippen LogP contribution in [0.3, 0.4) is 0 Å². The fraction of sp³-hybridized carbons (Fsp3) is 1.00. The van der Waals surface area contributed by atoms with Gasteiger partial charge in [0, 0.05) is 13.2 Å². The number of aliphatic hydroxyl groups excluding tert-OH is 2. The third-order valence-corrected chi connectivity index (χ3v) is 4.80. The van der Waals surface area contributed by atoms with E-state index in [-0.39, 0.29) is 0 Å². The first-order valence-corrected chi connectivity index (χ1v) is 11.3. The maximum absolute atomic E-state index is 8.84. The standard InChI is InChI=1S/C13H28O.C10H22O/c1-12(2)9-7-5-4-6-8-10-13(3)11-14;1-2-3-4-5-6-7-8-9-10-11/h12-14H,4-11H2,1-3H3;11H,2-10H2,1H3. The van der Waals surface area contributed by atoms with Crippen molar-refractivity contribution in [2.24, 2.45) is 11.8 Å². The molecule has 0 amide bonds. The van der Waals surface area contributed by atoms with Gasteiger partial charge < -0.3 is 10.2 Å². The van der Waals surface area contributed by atoms with Crippen molar-refractivity contribution in [3.63, 3.8) is 0 Å². The molecule has 0 bridgehead atoms. The lowest BCUT2D eigenvalue weighted by molar-refractivity contribution is 0.227. The minimum Gasteiger partial charge on any atom is -0.396 e. The molecule has 154 valence electrons. The number of hydrogen-bond donors (Lipinski definition) is 2. The first kappa shape index (κ1) is 27.1. The quantitative estimate of drug-likeness (QED) is 0.272. The zero-order valence-electron chi connectivity index (χ0n) is 18.1. The Balaban J connectivity index is 0. The van der Waals surface area contributed by atoms with Gasteiger partial charge in [-0.3, -0.25) is 0 Å². The molecule has 0 radical (unpaired) electrons. The van der Waals surface area contributed by atoms with E-state index in [1.54, 1.807) is 0 Å². The number of aliphatic hydroxyl groups is 2. The molecule has 1 unspecified atom stereocenters. The van der Waals surface area contributed by atoms with Crippen molar-refractivity contribution in [2.45, 2.75) is 124 Å². The predicted octanol–water partition coefficient (Wildman–Crippen LogP) is 7.12. The minimum atomic E-state index is 0.355. The summed E-state index contributed by atoms with van der Waals surface area (Å²) in [5.41, 5.74) is 0. The molecule has 0 saturated carbocycles. The Labute approximate surface area is 159 Å². The van der Waals surface area contributed by atoms with Crippen molar-refractivity contribution in [1.82, 2.24) is 0 Å². The molecule has 2 N–H and O–H groups in total. The summed E-state index contributed by atoms with van der Waals surface area (Å²) in [5, 5.41) is 17.3. The average molecular weight is 359 g/mol. The molecule has 0 aliphatic heterocycles. The molecule has 0 aromatic heterocycles. The summed E-state index contributed by atoms with van der Waals surface area (Å²) < 4.78 is 0. The van der Waals surface area contributed by atoms with Crippen LogP contribution in [-0.2, 0) is 0 Å². The molecule has 2 heteroatoms. The Morgan fingerprint density at radius 1 is 0.560 bits per heavy atom. The fourth-order valence-corrected chi connectivity index (χ4v) is 2.91. The van der Waals surface area contributed by atoms with Gasteiger partial charge in [0.25, 0.3) is 0 Å². The molecule has 0 aliphatic rings. The van der Waals surface area contributed by atoms with E-state index in [0.29, 0.717) is 19.1 Å². The highest BCUT2D eigenvalue weighted by atomic mass is 16.3. The van der Waals surface area contributed by atoms with Gasteiger partial charge in [-0.05, 0) is 24.7 Å². The van der Waals surface area contributed by atoms with Crippen LogP contribution in [0.1, 0.15) is 124 Å². The smallest absolute Gasteiger partial charge is 0.0456 e. The molecule has 0 saturated heterocycles. The van der Waals surface area contributed by atoms with Crippen LogP contribution in [0.15, 0.2) is 0 Å². The zero-order valence-corrected chi connectivity index (χ0v) is 18.1. The normalized spacial score (nSPS) is 12.1. The second-order valence-corrected chi connectivity index (χ2v) is 8.23. The van der Waals surface area contributed by atoms with Gasteiger partial charge in [0.15, 0.2) is 0 Å². The predicted molar refractivity (Wildman–Crippen MR) is 113 cm³/mol. The van der Waals surface area contributed by atoms with Crippen molar-refractivity contribution < 1.29 is 10.2 Å². The molecular weight excluding hydrogens is 308 g/mol. The summed E-state index contributed by atoms with van der Waals surface area (Å²) in [6.45, 7) is 9.68. The van der Waals surface area contributed by atoms with E-state index in [1.807, 2.05) is 0 Å². The van der Waals surface area contributed by atoms with Gasteiger partial charge in [0.05, 0.1) is 0 Å². The highest BCUT2D eigenvalue weighted by Gasteiger charge is 1.99. The summed E-state index contributed by atoms with van der Waals surface area (Å²) in [5.74, 6) is 1.37.